The monoisotopic (exact) mass is 256 g/mol. The molecule has 0 aliphatic carbocycles. The van der Waals surface area contributed by atoms with Crippen LogP contribution in [0.25, 0.3) is 0 Å². The van der Waals surface area contributed by atoms with E-state index in [2.05, 4.69) is 0 Å². The van der Waals surface area contributed by atoms with Crippen molar-refractivity contribution in [2.75, 3.05) is 0 Å². The number of hydrogen-bond donors (Lipinski definition) is 1. The molecule has 0 fully saturated rings. The molecule has 2 rings (SSSR count). The number of Topliss-reactive ketones (excluding diaryl/α,β-unsaturated/α-hetero) is 1. The van der Waals surface area contributed by atoms with Crippen LogP contribution in [0.3, 0.4) is 0 Å². The van der Waals surface area contributed by atoms with Crippen LogP contribution in [0.2, 0.25) is 0 Å². The van der Waals surface area contributed by atoms with Gasteiger partial charge < -0.3 is 9.84 Å². The fourth-order valence-electron chi connectivity index (χ4n) is 1.74. The second kappa shape index (κ2) is 5.57. The van der Waals surface area contributed by atoms with Crippen molar-refractivity contribution in [3.05, 3.63) is 59.2 Å². The first-order valence-electron chi connectivity index (χ1n) is 6.08. The summed E-state index contributed by atoms with van der Waals surface area (Å²) in [5.74, 6) is 0.372. The lowest BCUT2D eigenvalue weighted by atomic mass is 10.1. The van der Waals surface area contributed by atoms with E-state index >= 15 is 0 Å². The molecule has 0 aromatic heterocycles. The van der Waals surface area contributed by atoms with E-state index in [-0.39, 0.29) is 17.1 Å². The number of phenols is 1. The summed E-state index contributed by atoms with van der Waals surface area (Å²) in [7, 11) is 0. The first kappa shape index (κ1) is 13.1. The number of phenolic OH excluding ortho intramolecular Hbond substituents is 1. The summed E-state index contributed by atoms with van der Waals surface area (Å²) in [5, 5.41) is 9.54. The summed E-state index contributed by atoms with van der Waals surface area (Å²) < 4.78 is 5.61. The van der Waals surface area contributed by atoms with Crippen LogP contribution in [0.1, 0.15) is 28.4 Å². The van der Waals surface area contributed by atoms with Gasteiger partial charge in [0.2, 0.25) is 0 Å². The predicted molar refractivity (Wildman–Crippen MR) is 73.6 cm³/mol. The summed E-state index contributed by atoms with van der Waals surface area (Å²) in [6.45, 7) is 3.88. The Balaban J connectivity index is 2.09. The number of benzene rings is 2. The van der Waals surface area contributed by atoms with Crippen LogP contribution >= 0.6 is 0 Å². The van der Waals surface area contributed by atoms with Gasteiger partial charge in [-0.3, -0.25) is 4.79 Å². The van der Waals surface area contributed by atoms with Crippen molar-refractivity contribution < 1.29 is 14.6 Å². The number of ketones is 1. The van der Waals surface area contributed by atoms with Crippen LogP contribution in [0.5, 0.6) is 11.5 Å². The van der Waals surface area contributed by atoms with Crippen molar-refractivity contribution in [3.63, 3.8) is 0 Å². The lowest BCUT2D eigenvalue weighted by molar-refractivity contribution is 0.101. The second-order valence-electron chi connectivity index (χ2n) is 4.51. The zero-order chi connectivity index (χ0) is 13.8. The lowest BCUT2D eigenvalue weighted by Gasteiger charge is -2.08. The molecular formula is C16H16O3. The van der Waals surface area contributed by atoms with Gasteiger partial charge in [-0.15, -0.1) is 0 Å². The number of ether oxygens (including phenoxy) is 1. The highest BCUT2D eigenvalue weighted by Crippen LogP contribution is 2.24. The third-order valence-electron chi connectivity index (χ3n) is 2.87. The molecule has 0 radical (unpaired) electrons. The average Bonchev–Trinajstić information content (AvgIpc) is 2.39. The molecule has 98 valence electrons. The minimum absolute atomic E-state index is 0.0183. The van der Waals surface area contributed by atoms with Gasteiger partial charge in [0.15, 0.2) is 5.78 Å². The molecule has 19 heavy (non-hydrogen) atoms. The molecule has 0 saturated heterocycles. The topological polar surface area (TPSA) is 46.5 Å². The molecule has 0 amide bonds. The maximum Gasteiger partial charge on any atom is 0.163 e. The molecule has 3 heteroatoms. The minimum Gasteiger partial charge on any atom is -0.507 e. The van der Waals surface area contributed by atoms with Crippen LogP contribution in [-0.2, 0) is 6.61 Å². The van der Waals surface area contributed by atoms with Crippen LogP contribution in [0.4, 0.5) is 0 Å². The van der Waals surface area contributed by atoms with E-state index in [0.29, 0.717) is 12.4 Å². The Hall–Kier alpha value is -2.29. The Bertz CT molecular complexity index is 585. The van der Waals surface area contributed by atoms with Crippen molar-refractivity contribution in [2.45, 2.75) is 20.5 Å². The minimum atomic E-state index is -0.182. The highest BCUT2D eigenvalue weighted by atomic mass is 16.5. The molecule has 0 unspecified atom stereocenters. The van der Waals surface area contributed by atoms with Crippen molar-refractivity contribution >= 4 is 5.78 Å². The molecule has 0 spiro atoms. The maximum atomic E-state index is 11.3. The quantitative estimate of drug-likeness (QED) is 0.852. The third kappa shape index (κ3) is 3.35. The van der Waals surface area contributed by atoms with Crippen molar-refractivity contribution in [3.8, 4) is 11.5 Å². The zero-order valence-electron chi connectivity index (χ0n) is 11.0. The van der Waals surface area contributed by atoms with Gasteiger partial charge in [0.25, 0.3) is 0 Å². The lowest BCUT2D eigenvalue weighted by Crippen LogP contribution is -1.98. The smallest absolute Gasteiger partial charge is 0.163 e. The van der Waals surface area contributed by atoms with E-state index in [1.54, 1.807) is 12.1 Å². The Kier molecular flexibility index (Phi) is 3.85. The molecular weight excluding hydrogens is 240 g/mol. The maximum absolute atomic E-state index is 11.3. The van der Waals surface area contributed by atoms with Gasteiger partial charge >= 0.3 is 0 Å². The van der Waals surface area contributed by atoms with Crippen LogP contribution in [0, 0.1) is 6.92 Å². The highest BCUT2D eigenvalue weighted by molar-refractivity contribution is 5.97. The van der Waals surface area contributed by atoms with Gasteiger partial charge in [0.05, 0.1) is 5.56 Å². The van der Waals surface area contributed by atoms with Gasteiger partial charge in [-0.05, 0) is 37.6 Å². The average molecular weight is 256 g/mol. The third-order valence-corrected chi connectivity index (χ3v) is 2.87. The van der Waals surface area contributed by atoms with Gasteiger partial charge in [0, 0.05) is 0 Å². The summed E-state index contributed by atoms with van der Waals surface area (Å²) >= 11 is 0. The van der Waals surface area contributed by atoms with E-state index in [9.17, 15) is 9.90 Å². The van der Waals surface area contributed by atoms with E-state index in [4.69, 9.17) is 4.74 Å². The number of carbonyl (C=O) groups is 1. The number of hydrogen-bond acceptors (Lipinski definition) is 3. The number of aromatic hydroxyl groups is 1. The van der Waals surface area contributed by atoms with E-state index in [0.717, 1.165) is 5.56 Å². The summed E-state index contributed by atoms with van der Waals surface area (Å²) in [6.07, 6.45) is 0. The van der Waals surface area contributed by atoms with Gasteiger partial charge in [-0.1, -0.05) is 29.8 Å². The molecule has 0 bridgehead atoms. The number of rotatable bonds is 4. The molecule has 0 heterocycles. The normalized spacial score (nSPS) is 10.2. The van der Waals surface area contributed by atoms with E-state index < -0.39 is 0 Å². The van der Waals surface area contributed by atoms with Gasteiger partial charge in [-0.2, -0.15) is 0 Å². The molecule has 0 saturated carbocycles. The molecule has 1 N–H and O–H groups in total. The first-order chi connectivity index (χ1) is 9.06. The SMILES string of the molecule is CC(=O)c1cc(OCc2ccc(C)cc2)ccc1O. The molecule has 2 aromatic rings. The first-order valence-corrected chi connectivity index (χ1v) is 6.08. The zero-order valence-corrected chi connectivity index (χ0v) is 11.0. The molecule has 3 nitrogen and oxygen atoms in total. The van der Waals surface area contributed by atoms with Crippen molar-refractivity contribution in [1.29, 1.82) is 0 Å². The molecule has 2 aromatic carbocycles. The molecule has 0 atom stereocenters. The largest absolute Gasteiger partial charge is 0.507 e. The predicted octanol–water partition coefficient (Wildman–Crippen LogP) is 3.48. The van der Waals surface area contributed by atoms with Gasteiger partial charge in [-0.25, -0.2) is 0 Å². The van der Waals surface area contributed by atoms with Gasteiger partial charge in [0.1, 0.15) is 18.1 Å². The second-order valence-corrected chi connectivity index (χ2v) is 4.51. The summed E-state index contributed by atoms with van der Waals surface area (Å²) in [4.78, 5) is 11.3. The van der Waals surface area contributed by atoms with Crippen molar-refractivity contribution in [1.82, 2.24) is 0 Å². The standard InChI is InChI=1S/C16H16O3/c1-11-3-5-13(6-4-11)10-19-14-7-8-16(18)15(9-14)12(2)17/h3-9,18H,10H2,1-2H3. The fourth-order valence-corrected chi connectivity index (χ4v) is 1.74. The Morgan fingerprint density at radius 1 is 1.16 bits per heavy atom. The number of aryl methyl sites for hydroxylation is 1. The van der Waals surface area contributed by atoms with Crippen molar-refractivity contribution in [2.24, 2.45) is 0 Å². The molecule has 0 aliphatic heterocycles. The Labute approximate surface area is 112 Å². The van der Waals surface area contributed by atoms with E-state index in [1.165, 1.54) is 18.6 Å². The van der Waals surface area contributed by atoms with Crippen LogP contribution < -0.4 is 4.74 Å². The van der Waals surface area contributed by atoms with Crippen LogP contribution in [0.15, 0.2) is 42.5 Å². The Morgan fingerprint density at radius 2 is 1.84 bits per heavy atom. The Morgan fingerprint density at radius 3 is 2.47 bits per heavy atom. The summed E-state index contributed by atoms with van der Waals surface area (Å²) in [6, 6.07) is 12.7. The fraction of sp³-hybridized carbons (Fsp3) is 0.188. The van der Waals surface area contributed by atoms with E-state index in [1.807, 2.05) is 31.2 Å². The summed E-state index contributed by atoms with van der Waals surface area (Å²) in [5.41, 5.74) is 2.54. The number of carbonyl (C=O) groups excluding carboxylic acids is 1. The molecule has 0 aliphatic rings. The van der Waals surface area contributed by atoms with Crippen LogP contribution in [-0.4, -0.2) is 10.9 Å². The highest BCUT2D eigenvalue weighted by Gasteiger charge is 2.08.